The number of ether oxygens (including phenoxy) is 6. The lowest BCUT2D eigenvalue weighted by Gasteiger charge is -2.60. The Hall–Kier alpha value is -5.96. The third-order valence-electron chi connectivity index (χ3n) is 12.5. The lowest BCUT2D eigenvalue weighted by atomic mass is 9.55. The summed E-state index contributed by atoms with van der Waals surface area (Å²) in [6, 6.07) is 17.9. The van der Waals surface area contributed by atoms with E-state index in [1.807, 2.05) is 26.8 Å². The number of nitrogens with zero attached hydrogens (tertiary/aromatic N) is 3. The van der Waals surface area contributed by atoms with Gasteiger partial charge in [0.25, 0.3) is 5.91 Å². The number of unbranched alkanes of at least 4 members (excludes halogenated alkanes) is 2. The molecule has 0 unspecified atom stereocenters. The van der Waals surface area contributed by atoms with Crippen molar-refractivity contribution in [1.29, 1.82) is 5.26 Å². The number of benzene rings is 3. The zero-order valence-electron chi connectivity index (χ0n) is 39.8. The molecule has 3 aromatic carbocycles. The van der Waals surface area contributed by atoms with Crippen LogP contribution in [-0.4, -0.2) is 116 Å². The lowest BCUT2D eigenvalue weighted by Crippen LogP contribution is -2.70. The number of rotatable bonds is 23. The summed E-state index contributed by atoms with van der Waals surface area (Å²) in [6.45, 7) is 9.81. The zero-order chi connectivity index (χ0) is 48.8. The summed E-state index contributed by atoms with van der Waals surface area (Å²) in [5, 5.41) is 46.9. The molecule has 0 spiro atoms. The standard InChI is InChI=1S/C52H66N4O12/c1-7-26-65-52-46(56(22-27-64-28-25-59)49(60)35-16-14-34(33-53)15-17-35)32-43(55-68-51(2,3)4)40-29-36(12-8-10-23-57)39(13-9-11-24-58)47(48(40)52)41-30-38(19-21-44(41)67-52)66-50(61)54-42-20-18-37(62-5)31-45(42)63-6/h7,14-21,29-31,36,39,46-48,57-59H,1,8-13,22-28,32H2,2-6H3,(H,54,61)/t36-,39+,46-,47+,48+,52+/m0/s1. The molecule has 3 aliphatic rings. The Morgan fingerprint density at radius 1 is 0.956 bits per heavy atom. The Kier molecular flexibility index (Phi) is 18.0. The van der Waals surface area contributed by atoms with E-state index in [0.29, 0.717) is 65.5 Å². The van der Waals surface area contributed by atoms with Crippen molar-refractivity contribution in [3.8, 4) is 29.1 Å². The number of carbonyl (C=O) groups is 2. The van der Waals surface area contributed by atoms with E-state index in [1.54, 1.807) is 65.6 Å². The fourth-order valence-corrected chi connectivity index (χ4v) is 9.63. The SMILES string of the molecule is C=CCO[C@@]12Oc3ccc(OC(=O)Nc4ccc(OC)cc4OC)cc3[C@H]3[C@H](CCCCO)[C@@H](CCCCO)C=C(C(=NOC(C)(C)C)C[C@@H]1N(CCOCCO)C(=O)c1ccc(C#N)cc1)[C@H]32. The van der Waals surface area contributed by atoms with E-state index in [4.69, 9.17) is 38.4 Å². The van der Waals surface area contributed by atoms with E-state index in [-0.39, 0.29) is 76.1 Å². The number of nitriles is 1. The normalized spacial score (nSPS) is 22.1. The van der Waals surface area contributed by atoms with Crippen LogP contribution in [0.2, 0.25) is 0 Å². The van der Waals surface area contributed by atoms with Crippen molar-refractivity contribution in [3.63, 3.8) is 0 Å². The number of amides is 2. The van der Waals surface area contributed by atoms with Crippen LogP contribution >= 0.6 is 0 Å². The van der Waals surface area contributed by atoms with Gasteiger partial charge in [0.15, 0.2) is 0 Å². The summed E-state index contributed by atoms with van der Waals surface area (Å²) >= 11 is 0. The maximum absolute atomic E-state index is 15.1. The predicted octanol–water partition coefficient (Wildman–Crippen LogP) is 7.77. The first-order valence-electron chi connectivity index (χ1n) is 23.3. The van der Waals surface area contributed by atoms with Crippen LogP contribution in [0, 0.1) is 29.1 Å². The highest BCUT2D eigenvalue weighted by molar-refractivity contribution is 6.03. The van der Waals surface area contributed by atoms with Gasteiger partial charge in [-0.2, -0.15) is 5.26 Å². The molecule has 0 aromatic heterocycles. The van der Waals surface area contributed by atoms with E-state index in [2.05, 4.69) is 24.0 Å². The second kappa shape index (κ2) is 23.9. The van der Waals surface area contributed by atoms with Gasteiger partial charge in [0.05, 0.1) is 69.6 Å². The molecule has 4 N–H and O–H groups in total. The van der Waals surface area contributed by atoms with Gasteiger partial charge in [-0.3, -0.25) is 10.1 Å². The van der Waals surface area contributed by atoms with E-state index in [0.717, 1.165) is 24.0 Å². The Balaban J connectivity index is 1.57. The quantitative estimate of drug-likeness (QED) is 0.0407. The Bertz CT molecular complexity index is 2300. The third-order valence-corrected chi connectivity index (χ3v) is 12.5. The molecule has 6 rings (SSSR count). The van der Waals surface area contributed by atoms with Crippen LogP contribution in [0.1, 0.15) is 93.1 Å². The van der Waals surface area contributed by atoms with Crippen molar-refractivity contribution in [2.75, 3.05) is 65.7 Å². The van der Waals surface area contributed by atoms with Crippen molar-refractivity contribution in [3.05, 3.63) is 102 Å². The first-order valence-corrected chi connectivity index (χ1v) is 23.3. The van der Waals surface area contributed by atoms with Crippen molar-refractivity contribution < 1.29 is 58.2 Å². The fraction of sp³-hybridized carbons (Fsp3) is 0.500. The lowest BCUT2D eigenvalue weighted by molar-refractivity contribution is -0.254. The zero-order valence-corrected chi connectivity index (χ0v) is 39.8. The molecule has 1 fully saturated rings. The second-order valence-corrected chi connectivity index (χ2v) is 18.1. The summed E-state index contributed by atoms with van der Waals surface area (Å²) in [7, 11) is 3.03. The maximum atomic E-state index is 15.1. The van der Waals surface area contributed by atoms with Crippen molar-refractivity contribution in [2.45, 2.75) is 89.1 Å². The predicted molar refractivity (Wildman–Crippen MR) is 255 cm³/mol. The second-order valence-electron chi connectivity index (χ2n) is 18.1. The summed E-state index contributed by atoms with van der Waals surface area (Å²) < 4.78 is 37.1. The molecule has 366 valence electrons. The van der Waals surface area contributed by atoms with Crippen LogP contribution in [-0.2, 0) is 14.3 Å². The Labute approximate surface area is 399 Å². The molecule has 1 heterocycles. The average molecular weight is 939 g/mol. The number of methoxy groups -OCH3 is 2. The largest absolute Gasteiger partial charge is 0.497 e. The van der Waals surface area contributed by atoms with Gasteiger partial charge in [-0.15, -0.1) is 6.58 Å². The minimum Gasteiger partial charge on any atom is -0.497 e. The minimum absolute atomic E-state index is 0.0169. The van der Waals surface area contributed by atoms with Crippen LogP contribution < -0.4 is 24.3 Å². The van der Waals surface area contributed by atoms with E-state index in [9.17, 15) is 25.4 Å². The highest BCUT2D eigenvalue weighted by Gasteiger charge is 2.65. The number of aliphatic hydroxyl groups is 3. The first-order chi connectivity index (χ1) is 32.8. The van der Waals surface area contributed by atoms with Gasteiger partial charge in [0, 0.05) is 49.3 Å². The van der Waals surface area contributed by atoms with Crippen LogP contribution in [0.5, 0.6) is 23.0 Å². The van der Waals surface area contributed by atoms with E-state index < -0.39 is 35.4 Å². The highest BCUT2D eigenvalue weighted by Crippen LogP contribution is 2.62. The van der Waals surface area contributed by atoms with Crippen molar-refractivity contribution in [1.82, 2.24) is 4.90 Å². The van der Waals surface area contributed by atoms with Crippen LogP contribution in [0.15, 0.2) is 90.1 Å². The van der Waals surface area contributed by atoms with Gasteiger partial charge < -0.3 is 53.5 Å². The molecule has 6 atom stereocenters. The van der Waals surface area contributed by atoms with Crippen LogP contribution in [0.3, 0.4) is 0 Å². The summed E-state index contributed by atoms with van der Waals surface area (Å²) in [6.07, 6.45) is 7.31. The van der Waals surface area contributed by atoms with Crippen molar-refractivity contribution >= 4 is 23.4 Å². The van der Waals surface area contributed by atoms with Gasteiger partial charge in [0.2, 0.25) is 5.79 Å². The van der Waals surface area contributed by atoms with Crippen LogP contribution in [0.25, 0.3) is 0 Å². The van der Waals surface area contributed by atoms with E-state index >= 15 is 4.79 Å². The molecule has 0 saturated heterocycles. The summed E-state index contributed by atoms with van der Waals surface area (Å²) in [5.74, 6) is -1.53. The molecule has 0 bridgehead atoms. The van der Waals surface area contributed by atoms with Gasteiger partial charge >= 0.3 is 6.09 Å². The number of oxime groups is 1. The average Bonchev–Trinajstić information content (AvgIpc) is 3.33. The molecule has 3 aromatic rings. The summed E-state index contributed by atoms with van der Waals surface area (Å²) in [4.78, 5) is 36.7. The van der Waals surface area contributed by atoms with E-state index in [1.165, 1.54) is 14.2 Å². The maximum Gasteiger partial charge on any atom is 0.417 e. The number of nitrogens with one attached hydrogen (secondary N) is 1. The molecule has 2 amide bonds. The number of aliphatic hydroxyl groups excluding tert-OH is 3. The molecular formula is C52H66N4O12. The molecule has 16 nitrogen and oxygen atoms in total. The van der Waals surface area contributed by atoms with Crippen molar-refractivity contribution in [2.24, 2.45) is 22.9 Å². The highest BCUT2D eigenvalue weighted by atomic mass is 16.7. The van der Waals surface area contributed by atoms with Gasteiger partial charge in [-0.05, 0) is 118 Å². The number of carbonyl (C=O) groups excluding carboxylic acids is 2. The first kappa shape index (κ1) is 51.4. The van der Waals surface area contributed by atoms with Gasteiger partial charge in [0.1, 0.15) is 34.6 Å². The number of anilines is 1. The number of fused-ring (bicyclic) bond motifs is 2. The minimum atomic E-state index is -1.59. The van der Waals surface area contributed by atoms with Crippen LogP contribution in [0.4, 0.5) is 10.5 Å². The Morgan fingerprint density at radius 3 is 2.35 bits per heavy atom. The molecule has 16 heteroatoms. The molecular weight excluding hydrogens is 873 g/mol. The van der Waals surface area contributed by atoms with Gasteiger partial charge in [-0.1, -0.05) is 30.1 Å². The Morgan fingerprint density at radius 2 is 1.69 bits per heavy atom. The molecule has 1 saturated carbocycles. The number of allylic oxidation sites excluding steroid dienone is 1. The number of hydrogen-bond acceptors (Lipinski definition) is 14. The number of hydrogen-bond donors (Lipinski definition) is 4. The smallest absolute Gasteiger partial charge is 0.417 e. The molecule has 68 heavy (non-hydrogen) atoms. The molecule has 1 aliphatic heterocycles. The summed E-state index contributed by atoms with van der Waals surface area (Å²) in [5.41, 5.74) is 2.58. The topological polar surface area (TPSA) is 211 Å². The molecule has 2 aliphatic carbocycles. The fourth-order valence-electron chi connectivity index (χ4n) is 9.63. The van der Waals surface area contributed by atoms with Gasteiger partial charge in [-0.25, -0.2) is 4.79 Å². The third kappa shape index (κ3) is 12.0. The monoisotopic (exact) mass is 938 g/mol. The molecule has 0 radical (unpaired) electrons.